The van der Waals surface area contributed by atoms with Crippen LogP contribution in [-0.4, -0.2) is 71.1 Å². The number of rotatable bonds is 5. The van der Waals surface area contributed by atoms with Crippen LogP contribution >= 0.6 is 0 Å². The summed E-state index contributed by atoms with van der Waals surface area (Å²) in [5, 5.41) is 4.65. The quantitative estimate of drug-likeness (QED) is 0.527. The summed E-state index contributed by atoms with van der Waals surface area (Å²) in [4.78, 5) is 20.3. The molecule has 6 rings (SSSR count). The van der Waals surface area contributed by atoms with Gasteiger partial charge in [-0.1, -0.05) is 32.1 Å². The first kappa shape index (κ1) is 25.7. The first-order chi connectivity index (χ1) is 18.6. The van der Waals surface area contributed by atoms with Crippen LogP contribution < -0.4 is 4.90 Å². The van der Waals surface area contributed by atoms with E-state index in [1.807, 2.05) is 6.20 Å². The molecular weight excluding hydrogens is 470 g/mol. The number of aromatic nitrogens is 2. The summed E-state index contributed by atoms with van der Waals surface area (Å²) >= 11 is 0. The summed E-state index contributed by atoms with van der Waals surface area (Å²) in [6.45, 7) is 11.7. The Hall–Kier alpha value is -2.60. The van der Waals surface area contributed by atoms with Crippen LogP contribution in [0.15, 0.2) is 48.3 Å². The molecule has 2 aromatic heterocycles. The Kier molecular flexibility index (Phi) is 7.60. The zero-order chi connectivity index (χ0) is 26.1. The van der Waals surface area contributed by atoms with E-state index in [-0.39, 0.29) is 5.92 Å². The van der Waals surface area contributed by atoms with Crippen molar-refractivity contribution in [3.8, 4) is 0 Å². The third-order valence-electron chi connectivity index (χ3n) is 9.87. The maximum atomic E-state index is 13.1. The molecule has 0 aromatic carbocycles. The Morgan fingerprint density at radius 3 is 2.45 bits per heavy atom. The Balaban J connectivity index is 1.09. The lowest BCUT2D eigenvalue weighted by Gasteiger charge is -2.38. The second-order valence-corrected chi connectivity index (χ2v) is 12.2. The molecule has 1 unspecified atom stereocenters. The normalized spacial score (nSPS) is 27.6. The topological polar surface area (TPSA) is 44.1 Å². The first-order valence-corrected chi connectivity index (χ1v) is 15.2. The number of carbonyl (C=O) groups is 1. The molecule has 3 fully saturated rings. The molecule has 2 aliphatic heterocycles. The number of fused-ring (bicyclic) bond motifs is 1. The van der Waals surface area contributed by atoms with Crippen LogP contribution in [0.2, 0.25) is 0 Å². The lowest BCUT2D eigenvalue weighted by molar-refractivity contribution is -0.137. The Morgan fingerprint density at radius 1 is 1.00 bits per heavy atom. The number of allylic oxidation sites excluding steroid dienone is 4. The van der Waals surface area contributed by atoms with Crippen molar-refractivity contribution >= 4 is 17.1 Å². The molecule has 2 saturated heterocycles. The second-order valence-electron chi connectivity index (χ2n) is 12.2. The lowest BCUT2D eigenvalue weighted by atomic mass is 9.82. The minimum absolute atomic E-state index is 0.251. The zero-order valence-corrected chi connectivity index (χ0v) is 23.4. The van der Waals surface area contributed by atoms with E-state index in [1.54, 1.807) is 5.57 Å². The van der Waals surface area contributed by atoms with Crippen molar-refractivity contribution in [2.75, 3.05) is 50.7 Å². The summed E-state index contributed by atoms with van der Waals surface area (Å²) in [7, 11) is 0. The molecule has 2 aromatic rings. The van der Waals surface area contributed by atoms with Crippen LogP contribution in [0.4, 0.5) is 5.69 Å². The average molecular weight is 516 g/mol. The van der Waals surface area contributed by atoms with Crippen molar-refractivity contribution < 1.29 is 4.79 Å². The average Bonchev–Trinajstić information content (AvgIpc) is 3.42. The molecule has 4 heterocycles. The van der Waals surface area contributed by atoms with Crippen molar-refractivity contribution in [2.45, 2.75) is 64.7 Å². The van der Waals surface area contributed by atoms with Gasteiger partial charge in [0.05, 0.1) is 11.2 Å². The molecule has 0 bridgehead atoms. The Morgan fingerprint density at radius 2 is 1.76 bits per heavy atom. The van der Waals surface area contributed by atoms with E-state index >= 15 is 0 Å². The maximum Gasteiger partial charge on any atom is 0.225 e. The van der Waals surface area contributed by atoms with E-state index in [2.05, 4.69) is 74.7 Å². The number of carbonyl (C=O) groups excluding carboxylic acids is 1. The summed E-state index contributed by atoms with van der Waals surface area (Å²) in [5.74, 6) is 2.57. The maximum absolute atomic E-state index is 13.1. The van der Waals surface area contributed by atoms with Gasteiger partial charge in [-0.25, -0.2) is 4.52 Å². The Bertz CT molecular complexity index is 1170. The Labute approximate surface area is 228 Å². The molecule has 0 N–H and O–H groups in total. The summed E-state index contributed by atoms with van der Waals surface area (Å²) < 4.78 is 2.05. The van der Waals surface area contributed by atoms with E-state index in [0.717, 1.165) is 57.3 Å². The fourth-order valence-corrected chi connectivity index (χ4v) is 7.19. The van der Waals surface area contributed by atoms with Crippen LogP contribution in [0.5, 0.6) is 0 Å². The summed E-state index contributed by atoms with van der Waals surface area (Å²) in [5.41, 5.74) is 5.31. The molecule has 1 atom stereocenters. The van der Waals surface area contributed by atoms with Crippen molar-refractivity contribution in [2.24, 2.45) is 17.8 Å². The largest absolute Gasteiger partial charge is 0.366 e. The number of likely N-dealkylation sites (tertiary alicyclic amines) is 1. The molecule has 1 amide bonds. The van der Waals surface area contributed by atoms with Crippen molar-refractivity contribution in [1.82, 2.24) is 19.4 Å². The predicted octanol–water partition coefficient (Wildman–Crippen LogP) is 5.51. The van der Waals surface area contributed by atoms with Gasteiger partial charge in [-0.2, -0.15) is 5.10 Å². The fraction of sp³-hybridized carbons (Fsp3) is 0.625. The van der Waals surface area contributed by atoms with Gasteiger partial charge >= 0.3 is 0 Å². The van der Waals surface area contributed by atoms with E-state index in [1.165, 1.54) is 62.1 Å². The molecule has 2 aliphatic carbocycles. The first-order valence-electron chi connectivity index (χ1n) is 15.2. The van der Waals surface area contributed by atoms with Crippen molar-refractivity contribution in [3.63, 3.8) is 0 Å². The highest BCUT2D eigenvalue weighted by Gasteiger charge is 2.30. The number of anilines is 1. The second kappa shape index (κ2) is 11.3. The highest BCUT2D eigenvalue weighted by molar-refractivity contribution is 5.80. The highest BCUT2D eigenvalue weighted by atomic mass is 16.2. The van der Waals surface area contributed by atoms with Gasteiger partial charge in [-0.3, -0.25) is 4.79 Å². The van der Waals surface area contributed by atoms with Gasteiger partial charge in [-0.05, 0) is 99.7 Å². The smallest absolute Gasteiger partial charge is 0.225 e. The van der Waals surface area contributed by atoms with Gasteiger partial charge in [0.2, 0.25) is 5.91 Å². The molecule has 204 valence electrons. The number of hydrogen-bond acceptors (Lipinski definition) is 4. The van der Waals surface area contributed by atoms with E-state index in [4.69, 9.17) is 0 Å². The minimum atomic E-state index is 0.251. The van der Waals surface area contributed by atoms with Gasteiger partial charge in [0.15, 0.2) is 0 Å². The third kappa shape index (κ3) is 5.29. The van der Waals surface area contributed by atoms with E-state index in [9.17, 15) is 4.79 Å². The molecule has 6 heteroatoms. The summed E-state index contributed by atoms with van der Waals surface area (Å²) in [6, 6.07) is 4.49. The predicted molar refractivity (Wildman–Crippen MR) is 155 cm³/mol. The van der Waals surface area contributed by atoms with Gasteiger partial charge < -0.3 is 14.7 Å². The van der Waals surface area contributed by atoms with Crippen LogP contribution in [0.3, 0.4) is 0 Å². The standard InChI is InChI=1S/C32H45N5O/c1-3-34-16-13-27(14-17-34)25-8-10-26(11-9-25)29-22-31-30(12-15-33-37(31)23-29)35-18-20-36(21-19-35)32(38)28-6-4-24(2)5-7-28/h8-10,12,15,22-24,26-28H,3-7,11,13-14,16-21H2,1-2H3. The lowest BCUT2D eigenvalue weighted by Crippen LogP contribution is -2.50. The number of nitrogens with zero attached hydrogens (tertiary/aromatic N) is 5. The van der Waals surface area contributed by atoms with Gasteiger partial charge in [0.25, 0.3) is 0 Å². The molecular formula is C32H45N5O. The molecule has 0 radical (unpaired) electrons. The molecule has 0 spiro atoms. The number of piperidine rings is 1. The van der Waals surface area contributed by atoms with Crippen molar-refractivity contribution in [3.05, 3.63) is 53.9 Å². The fourth-order valence-electron chi connectivity index (χ4n) is 7.19. The van der Waals surface area contributed by atoms with Crippen LogP contribution in [0, 0.1) is 17.8 Å². The van der Waals surface area contributed by atoms with Crippen molar-refractivity contribution in [1.29, 1.82) is 0 Å². The zero-order valence-electron chi connectivity index (χ0n) is 23.4. The molecule has 38 heavy (non-hydrogen) atoms. The van der Waals surface area contributed by atoms with E-state index < -0.39 is 0 Å². The van der Waals surface area contributed by atoms with Gasteiger partial charge in [-0.15, -0.1) is 0 Å². The molecule has 4 aliphatic rings. The summed E-state index contributed by atoms with van der Waals surface area (Å²) in [6.07, 6.45) is 19.7. The van der Waals surface area contributed by atoms with Crippen LogP contribution in [-0.2, 0) is 4.79 Å². The van der Waals surface area contributed by atoms with E-state index in [0.29, 0.717) is 11.8 Å². The number of piperazine rings is 1. The monoisotopic (exact) mass is 515 g/mol. The number of hydrogen-bond donors (Lipinski definition) is 0. The third-order valence-corrected chi connectivity index (χ3v) is 9.87. The van der Waals surface area contributed by atoms with Crippen LogP contribution in [0.1, 0.15) is 70.3 Å². The molecule has 1 saturated carbocycles. The minimum Gasteiger partial charge on any atom is -0.366 e. The number of amides is 1. The van der Waals surface area contributed by atoms with Gasteiger partial charge in [0, 0.05) is 50.4 Å². The highest BCUT2D eigenvalue weighted by Crippen LogP contribution is 2.35. The van der Waals surface area contributed by atoms with Crippen LogP contribution in [0.25, 0.3) is 5.52 Å². The molecule has 6 nitrogen and oxygen atoms in total. The SMILES string of the molecule is CCN1CCC(C2=CCC(c3cc4c(N5CCN(C(=O)C6CCC(C)CC6)CC5)ccnn4c3)C=C2)CC1. The van der Waals surface area contributed by atoms with Gasteiger partial charge in [0.1, 0.15) is 0 Å².